The normalized spacial score (nSPS) is 20.2. The summed E-state index contributed by atoms with van der Waals surface area (Å²) >= 11 is 0. The van der Waals surface area contributed by atoms with E-state index >= 15 is 0 Å². The summed E-state index contributed by atoms with van der Waals surface area (Å²) in [4.78, 5) is 0. The fourth-order valence-corrected chi connectivity index (χ4v) is 2.05. The molecule has 1 aromatic carbocycles. The molecule has 1 saturated heterocycles. The van der Waals surface area contributed by atoms with Crippen molar-refractivity contribution in [3.8, 4) is 6.07 Å². The van der Waals surface area contributed by atoms with E-state index in [0.29, 0.717) is 5.56 Å². The topological polar surface area (TPSA) is 35.8 Å². The van der Waals surface area contributed by atoms with Gasteiger partial charge >= 0.3 is 6.18 Å². The number of nitrogens with one attached hydrogen (secondary N) is 1. The third-order valence-electron chi connectivity index (χ3n) is 2.87. The molecule has 17 heavy (non-hydrogen) atoms. The van der Waals surface area contributed by atoms with E-state index in [9.17, 15) is 13.2 Å². The second-order valence-electron chi connectivity index (χ2n) is 4.10. The Morgan fingerprint density at radius 1 is 1.29 bits per heavy atom. The average Bonchev–Trinajstić information content (AvgIpc) is 2.80. The number of nitriles is 1. The molecule has 1 heterocycles. The number of hydrogen-bond acceptors (Lipinski definition) is 2. The Bertz CT molecular complexity index is 454. The van der Waals surface area contributed by atoms with E-state index in [4.69, 9.17) is 5.26 Å². The number of benzene rings is 1. The molecule has 0 amide bonds. The van der Waals surface area contributed by atoms with Gasteiger partial charge in [-0.2, -0.15) is 18.4 Å². The van der Waals surface area contributed by atoms with Gasteiger partial charge in [0.1, 0.15) is 0 Å². The van der Waals surface area contributed by atoms with Crippen molar-refractivity contribution in [1.82, 2.24) is 5.32 Å². The molecule has 0 aromatic heterocycles. The molecule has 0 spiro atoms. The molecule has 1 aliphatic heterocycles. The largest absolute Gasteiger partial charge is 0.416 e. The molecule has 2 nitrogen and oxygen atoms in total. The van der Waals surface area contributed by atoms with Gasteiger partial charge in [-0.25, -0.2) is 0 Å². The van der Waals surface area contributed by atoms with Gasteiger partial charge in [-0.3, -0.25) is 0 Å². The van der Waals surface area contributed by atoms with Gasteiger partial charge in [0.25, 0.3) is 0 Å². The molecule has 0 bridgehead atoms. The molecule has 0 aliphatic carbocycles. The highest BCUT2D eigenvalue weighted by Crippen LogP contribution is 2.33. The van der Waals surface area contributed by atoms with Gasteiger partial charge < -0.3 is 5.32 Å². The number of rotatable bonds is 1. The smallest absolute Gasteiger partial charge is 0.310 e. The Morgan fingerprint density at radius 3 is 2.59 bits per heavy atom. The summed E-state index contributed by atoms with van der Waals surface area (Å²) in [6.45, 7) is 0.808. The van der Waals surface area contributed by atoms with Crippen LogP contribution in [0.4, 0.5) is 13.2 Å². The maximum absolute atomic E-state index is 12.6. The van der Waals surface area contributed by atoms with Crippen molar-refractivity contribution in [2.75, 3.05) is 6.54 Å². The molecular weight excluding hydrogens is 229 g/mol. The summed E-state index contributed by atoms with van der Waals surface area (Å²) in [6, 6.07) is 5.25. The monoisotopic (exact) mass is 240 g/mol. The Kier molecular flexibility index (Phi) is 3.07. The molecule has 1 N–H and O–H groups in total. The zero-order chi connectivity index (χ0) is 12.5. The summed E-state index contributed by atoms with van der Waals surface area (Å²) < 4.78 is 37.9. The van der Waals surface area contributed by atoms with Crippen LogP contribution in [-0.2, 0) is 6.18 Å². The zero-order valence-corrected chi connectivity index (χ0v) is 9.01. The molecule has 1 fully saturated rings. The Labute approximate surface area is 97.1 Å². The minimum absolute atomic E-state index is 0.0588. The molecule has 0 radical (unpaired) electrons. The van der Waals surface area contributed by atoms with Crippen molar-refractivity contribution in [1.29, 1.82) is 5.26 Å². The van der Waals surface area contributed by atoms with Crippen LogP contribution in [0.25, 0.3) is 0 Å². The van der Waals surface area contributed by atoms with Gasteiger partial charge in [0, 0.05) is 6.04 Å². The van der Waals surface area contributed by atoms with Crippen LogP contribution in [0.1, 0.15) is 35.6 Å². The fourth-order valence-electron chi connectivity index (χ4n) is 2.05. The molecule has 0 unspecified atom stereocenters. The predicted octanol–water partition coefficient (Wildman–Crippen LogP) is 3.00. The van der Waals surface area contributed by atoms with Crippen molar-refractivity contribution >= 4 is 0 Å². The number of alkyl halides is 3. The molecule has 1 aliphatic rings. The Hall–Kier alpha value is -1.54. The highest BCUT2D eigenvalue weighted by molar-refractivity contribution is 5.40. The highest BCUT2D eigenvalue weighted by atomic mass is 19.4. The Morgan fingerprint density at radius 2 is 2.06 bits per heavy atom. The van der Waals surface area contributed by atoms with Crippen LogP contribution in [0.5, 0.6) is 0 Å². The van der Waals surface area contributed by atoms with Gasteiger partial charge in [-0.1, -0.05) is 0 Å². The van der Waals surface area contributed by atoms with Crippen LogP contribution < -0.4 is 5.32 Å². The van der Waals surface area contributed by atoms with E-state index < -0.39 is 11.7 Å². The van der Waals surface area contributed by atoms with E-state index in [1.54, 1.807) is 6.07 Å². The van der Waals surface area contributed by atoms with E-state index in [2.05, 4.69) is 5.32 Å². The summed E-state index contributed by atoms with van der Waals surface area (Å²) in [6.07, 6.45) is -2.64. The Balaban J connectivity index is 2.42. The number of halogens is 3. The maximum Gasteiger partial charge on any atom is 0.416 e. The van der Waals surface area contributed by atoms with Crippen molar-refractivity contribution in [2.24, 2.45) is 0 Å². The van der Waals surface area contributed by atoms with Gasteiger partial charge in [0.05, 0.1) is 17.2 Å². The lowest BCUT2D eigenvalue weighted by atomic mass is 9.99. The van der Waals surface area contributed by atoms with Crippen molar-refractivity contribution in [3.63, 3.8) is 0 Å². The standard InChI is InChI=1S/C12H11F3N2/c13-12(14,15)10-5-8(7-16)4-9(6-10)11-2-1-3-17-11/h4-6,11,17H,1-3H2/t11-/m1/s1. The first-order chi connectivity index (χ1) is 8.00. The first-order valence-corrected chi connectivity index (χ1v) is 5.36. The second-order valence-corrected chi connectivity index (χ2v) is 4.10. The molecule has 1 atom stereocenters. The van der Waals surface area contributed by atoms with Gasteiger partial charge in [-0.15, -0.1) is 0 Å². The van der Waals surface area contributed by atoms with Crippen LogP contribution in [0.15, 0.2) is 18.2 Å². The molecule has 0 saturated carbocycles. The minimum atomic E-state index is -4.40. The lowest BCUT2D eigenvalue weighted by Crippen LogP contribution is -2.14. The first kappa shape index (κ1) is 11.9. The molecule has 2 rings (SSSR count). The van der Waals surface area contributed by atoms with E-state index in [1.807, 2.05) is 0 Å². The number of nitrogens with zero attached hydrogens (tertiary/aromatic N) is 1. The van der Waals surface area contributed by atoms with Crippen molar-refractivity contribution in [2.45, 2.75) is 25.1 Å². The van der Waals surface area contributed by atoms with Crippen LogP contribution >= 0.6 is 0 Å². The van der Waals surface area contributed by atoms with Crippen molar-refractivity contribution < 1.29 is 13.2 Å². The van der Waals surface area contributed by atoms with Crippen LogP contribution in [0.3, 0.4) is 0 Å². The third kappa shape index (κ3) is 2.59. The first-order valence-electron chi connectivity index (χ1n) is 5.36. The molecule has 90 valence electrons. The number of hydrogen-bond donors (Lipinski definition) is 1. The van der Waals surface area contributed by atoms with Gasteiger partial charge in [-0.05, 0) is 43.1 Å². The average molecular weight is 240 g/mol. The maximum atomic E-state index is 12.6. The van der Waals surface area contributed by atoms with E-state index in [1.165, 1.54) is 6.07 Å². The quantitative estimate of drug-likeness (QED) is 0.819. The SMILES string of the molecule is N#Cc1cc([C@H]2CCCN2)cc(C(F)(F)F)c1. The molecule has 1 aromatic rings. The van der Waals surface area contributed by atoms with Crippen LogP contribution in [0.2, 0.25) is 0 Å². The third-order valence-corrected chi connectivity index (χ3v) is 2.87. The van der Waals surface area contributed by atoms with E-state index in [-0.39, 0.29) is 11.6 Å². The van der Waals surface area contributed by atoms with Crippen LogP contribution in [-0.4, -0.2) is 6.54 Å². The summed E-state index contributed by atoms with van der Waals surface area (Å²) in [5, 5.41) is 11.9. The predicted molar refractivity (Wildman–Crippen MR) is 56.1 cm³/mol. The second kappa shape index (κ2) is 4.38. The molecule has 5 heteroatoms. The van der Waals surface area contributed by atoms with E-state index in [0.717, 1.165) is 31.5 Å². The lowest BCUT2D eigenvalue weighted by Gasteiger charge is -2.14. The zero-order valence-electron chi connectivity index (χ0n) is 9.01. The van der Waals surface area contributed by atoms with Gasteiger partial charge in [0.2, 0.25) is 0 Å². The summed E-state index contributed by atoms with van der Waals surface area (Å²) in [5.74, 6) is 0. The fraction of sp³-hybridized carbons (Fsp3) is 0.417. The van der Waals surface area contributed by atoms with Crippen LogP contribution in [0, 0.1) is 11.3 Å². The lowest BCUT2D eigenvalue weighted by molar-refractivity contribution is -0.137. The van der Waals surface area contributed by atoms with Gasteiger partial charge in [0.15, 0.2) is 0 Å². The summed E-state index contributed by atoms with van der Waals surface area (Å²) in [7, 11) is 0. The van der Waals surface area contributed by atoms with Crippen molar-refractivity contribution in [3.05, 3.63) is 34.9 Å². The minimum Gasteiger partial charge on any atom is -0.310 e. The molecular formula is C12H11F3N2. The highest BCUT2D eigenvalue weighted by Gasteiger charge is 2.32. The summed E-state index contributed by atoms with van der Waals surface area (Å²) in [5.41, 5.74) is -0.141.